The second kappa shape index (κ2) is 8.41. The van der Waals surface area contributed by atoms with Gasteiger partial charge in [0.2, 0.25) is 0 Å². The van der Waals surface area contributed by atoms with E-state index in [-0.39, 0.29) is 12.1 Å². The lowest BCUT2D eigenvalue weighted by Gasteiger charge is -2.30. The van der Waals surface area contributed by atoms with E-state index in [0.29, 0.717) is 11.9 Å². The average Bonchev–Trinajstić information content (AvgIpc) is 2.81. The summed E-state index contributed by atoms with van der Waals surface area (Å²) >= 11 is 0. The Labute approximate surface area is 180 Å². The number of hydrogen-bond acceptors (Lipinski definition) is 5. The third-order valence-electron chi connectivity index (χ3n) is 5.91. The molecule has 2 aromatic carbocycles. The van der Waals surface area contributed by atoms with Crippen molar-refractivity contribution in [3.05, 3.63) is 94.7 Å². The van der Waals surface area contributed by atoms with Crippen molar-refractivity contribution >= 4 is 10.8 Å². The Morgan fingerprint density at radius 1 is 0.968 bits per heavy atom. The molecule has 6 nitrogen and oxygen atoms in total. The normalized spacial score (nSPS) is 15.0. The largest absolute Gasteiger partial charge is 0.390 e. The van der Waals surface area contributed by atoms with Gasteiger partial charge in [0, 0.05) is 43.0 Å². The first-order valence-corrected chi connectivity index (χ1v) is 10.5. The number of benzene rings is 2. The lowest BCUT2D eigenvalue weighted by atomic mass is 10.00. The van der Waals surface area contributed by atoms with Gasteiger partial charge in [-0.3, -0.25) is 14.7 Å². The molecule has 2 aromatic heterocycles. The molecule has 31 heavy (non-hydrogen) atoms. The van der Waals surface area contributed by atoms with Gasteiger partial charge in [-0.25, -0.2) is 4.68 Å². The van der Waals surface area contributed by atoms with E-state index < -0.39 is 6.10 Å². The maximum absolute atomic E-state index is 12.9. The van der Waals surface area contributed by atoms with Crippen LogP contribution in [0, 0.1) is 0 Å². The number of nitrogens with zero attached hydrogens (tertiary/aromatic N) is 4. The van der Waals surface area contributed by atoms with Crippen LogP contribution in [0.5, 0.6) is 0 Å². The molecule has 0 saturated carbocycles. The number of pyridine rings is 1. The second-order valence-electron chi connectivity index (χ2n) is 8.08. The summed E-state index contributed by atoms with van der Waals surface area (Å²) in [6.45, 7) is 2.42. The van der Waals surface area contributed by atoms with Crippen LogP contribution in [0.25, 0.3) is 21.9 Å². The van der Waals surface area contributed by atoms with Gasteiger partial charge in [0.25, 0.3) is 5.56 Å². The van der Waals surface area contributed by atoms with Crippen LogP contribution >= 0.6 is 0 Å². The van der Waals surface area contributed by atoms with Crippen molar-refractivity contribution in [1.82, 2.24) is 19.7 Å². The maximum Gasteiger partial charge on any atom is 0.274 e. The number of aromatic nitrogens is 3. The van der Waals surface area contributed by atoms with Crippen LogP contribution in [0.1, 0.15) is 11.1 Å². The zero-order valence-electron chi connectivity index (χ0n) is 17.2. The van der Waals surface area contributed by atoms with Gasteiger partial charge in [0.15, 0.2) is 0 Å². The Kier molecular flexibility index (Phi) is 5.32. The highest BCUT2D eigenvalue weighted by molar-refractivity contribution is 5.85. The van der Waals surface area contributed by atoms with E-state index in [1.54, 1.807) is 18.6 Å². The summed E-state index contributed by atoms with van der Waals surface area (Å²) in [4.78, 5) is 19.3. The summed E-state index contributed by atoms with van der Waals surface area (Å²) in [6, 6.07) is 18.0. The number of rotatable bonds is 5. The Morgan fingerprint density at radius 3 is 2.68 bits per heavy atom. The standard InChI is InChI=1S/C25H24N4O2/c30-23(16-28-11-9-18-4-1-2-5-21(18)15-28)17-29-25(31)24-8-7-19(12-22(24)14-27-29)20-6-3-10-26-13-20/h1-8,10,12-14,23,30H,9,11,15-17H2/t23-/m1/s1. The number of aliphatic hydroxyl groups excluding tert-OH is 1. The molecule has 3 heterocycles. The minimum absolute atomic E-state index is 0.178. The summed E-state index contributed by atoms with van der Waals surface area (Å²) in [5.74, 6) is 0. The second-order valence-corrected chi connectivity index (χ2v) is 8.08. The highest BCUT2D eigenvalue weighted by Crippen LogP contribution is 2.22. The third kappa shape index (κ3) is 4.13. The summed E-state index contributed by atoms with van der Waals surface area (Å²) < 4.78 is 1.37. The van der Waals surface area contributed by atoms with Crippen LogP contribution in [0.2, 0.25) is 0 Å². The first-order chi connectivity index (χ1) is 15.2. The van der Waals surface area contributed by atoms with Crippen LogP contribution in [-0.4, -0.2) is 44.0 Å². The van der Waals surface area contributed by atoms with Crippen molar-refractivity contribution in [2.24, 2.45) is 0 Å². The number of aliphatic hydroxyl groups is 1. The fraction of sp³-hybridized carbons (Fsp3) is 0.240. The van der Waals surface area contributed by atoms with Gasteiger partial charge in [-0.05, 0) is 41.3 Å². The molecule has 1 atom stereocenters. The molecule has 4 aromatic rings. The lowest BCUT2D eigenvalue weighted by molar-refractivity contribution is 0.0878. The minimum Gasteiger partial charge on any atom is -0.390 e. The molecule has 0 amide bonds. The predicted octanol–water partition coefficient (Wildman–Crippen LogP) is 2.88. The molecule has 1 aliphatic heterocycles. The number of fused-ring (bicyclic) bond motifs is 2. The van der Waals surface area contributed by atoms with E-state index in [1.807, 2.05) is 30.3 Å². The first kappa shape index (κ1) is 19.6. The summed E-state index contributed by atoms with van der Waals surface area (Å²) in [6.07, 6.45) is 5.54. The SMILES string of the molecule is O=c1c2ccc(-c3cccnc3)cc2cnn1C[C@H](O)CN1CCc2ccccc2C1. The van der Waals surface area contributed by atoms with Crippen LogP contribution in [-0.2, 0) is 19.5 Å². The molecule has 156 valence electrons. The Morgan fingerprint density at radius 2 is 1.84 bits per heavy atom. The smallest absolute Gasteiger partial charge is 0.274 e. The van der Waals surface area contributed by atoms with Gasteiger partial charge >= 0.3 is 0 Å². The van der Waals surface area contributed by atoms with Crippen molar-refractivity contribution in [3.63, 3.8) is 0 Å². The molecule has 0 fully saturated rings. The molecule has 0 bridgehead atoms. The molecule has 0 radical (unpaired) electrons. The summed E-state index contributed by atoms with van der Waals surface area (Å²) in [7, 11) is 0. The fourth-order valence-electron chi connectivity index (χ4n) is 4.30. The van der Waals surface area contributed by atoms with Gasteiger partial charge < -0.3 is 5.11 Å². The molecule has 5 rings (SSSR count). The Bertz CT molecular complexity index is 1270. The molecule has 0 saturated heterocycles. The molecular weight excluding hydrogens is 388 g/mol. The fourth-order valence-corrected chi connectivity index (χ4v) is 4.30. The predicted molar refractivity (Wildman–Crippen MR) is 121 cm³/mol. The highest BCUT2D eigenvalue weighted by Gasteiger charge is 2.19. The van der Waals surface area contributed by atoms with E-state index in [0.717, 1.165) is 36.0 Å². The lowest BCUT2D eigenvalue weighted by Crippen LogP contribution is -2.40. The van der Waals surface area contributed by atoms with Gasteiger partial charge in [-0.1, -0.05) is 36.4 Å². The van der Waals surface area contributed by atoms with E-state index in [4.69, 9.17) is 0 Å². The Balaban J connectivity index is 1.31. The van der Waals surface area contributed by atoms with E-state index >= 15 is 0 Å². The van der Waals surface area contributed by atoms with E-state index in [1.165, 1.54) is 15.8 Å². The molecule has 0 spiro atoms. The Hall–Kier alpha value is -3.35. The van der Waals surface area contributed by atoms with Crippen LogP contribution < -0.4 is 5.56 Å². The number of β-amino-alcohol motifs (C(OH)–C–C–N with tert-alkyl or cyclic N) is 1. The molecule has 1 aliphatic rings. The first-order valence-electron chi connectivity index (χ1n) is 10.5. The molecule has 0 unspecified atom stereocenters. The molecule has 1 N–H and O–H groups in total. The van der Waals surface area contributed by atoms with Crippen LogP contribution in [0.4, 0.5) is 0 Å². The van der Waals surface area contributed by atoms with Crippen molar-refractivity contribution in [3.8, 4) is 11.1 Å². The third-order valence-corrected chi connectivity index (χ3v) is 5.91. The molecular formula is C25H24N4O2. The zero-order valence-corrected chi connectivity index (χ0v) is 17.2. The average molecular weight is 412 g/mol. The van der Waals surface area contributed by atoms with Gasteiger partial charge in [0.05, 0.1) is 24.2 Å². The molecule has 6 heteroatoms. The minimum atomic E-state index is -0.664. The zero-order chi connectivity index (χ0) is 21.2. The quantitative estimate of drug-likeness (QED) is 0.546. The van der Waals surface area contributed by atoms with Crippen LogP contribution in [0.15, 0.2) is 78.0 Å². The van der Waals surface area contributed by atoms with Crippen molar-refractivity contribution in [2.75, 3.05) is 13.1 Å². The van der Waals surface area contributed by atoms with Gasteiger partial charge in [0.1, 0.15) is 0 Å². The van der Waals surface area contributed by atoms with Gasteiger partial charge in [-0.2, -0.15) is 5.10 Å². The summed E-state index contributed by atoms with van der Waals surface area (Å²) in [5.41, 5.74) is 4.49. The van der Waals surface area contributed by atoms with E-state index in [2.05, 4.69) is 39.2 Å². The van der Waals surface area contributed by atoms with Crippen LogP contribution in [0.3, 0.4) is 0 Å². The monoisotopic (exact) mass is 412 g/mol. The van der Waals surface area contributed by atoms with Crippen molar-refractivity contribution in [2.45, 2.75) is 25.6 Å². The van der Waals surface area contributed by atoms with Gasteiger partial charge in [-0.15, -0.1) is 0 Å². The molecule has 0 aliphatic carbocycles. The number of hydrogen-bond donors (Lipinski definition) is 1. The maximum atomic E-state index is 12.9. The van der Waals surface area contributed by atoms with E-state index in [9.17, 15) is 9.90 Å². The van der Waals surface area contributed by atoms with Crippen molar-refractivity contribution < 1.29 is 5.11 Å². The van der Waals surface area contributed by atoms with Crippen molar-refractivity contribution in [1.29, 1.82) is 0 Å². The summed E-state index contributed by atoms with van der Waals surface area (Å²) in [5, 5.41) is 16.3. The highest BCUT2D eigenvalue weighted by atomic mass is 16.3. The topological polar surface area (TPSA) is 71.2 Å².